The van der Waals surface area contributed by atoms with E-state index in [1.54, 1.807) is 12.1 Å². The lowest BCUT2D eigenvalue weighted by Crippen LogP contribution is -1.98. The van der Waals surface area contributed by atoms with Gasteiger partial charge in [-0.1, -0.05) is 25.4 Å². The van der Waals surface area contributed by atoms with Gasteiger partial charge in [0.1, 0.15) is 5.82 Å². The van der Waals surface area contributed by atoms with Crippen LogP contribution < -0.4 is 5.32 Å². The van der Waals surface area contributed by atoms with Crippen LogP contribution in [0.15, 0.2) is 18.2 Å². The first-order valence-corrected chi connectivity index (χ1v) is 4.80. The summed E-state index contributed by atoms with van der Waals surface area (Å²) in [5.41, 5.74) is 0.497. The number of hydrogen-bond donors (Lipinski definition) is 1. The van der Waals surface area contributed by atoms with Gasteiger partial charge in [0.25, 0.3) is 0 Å². The van der Waals surface area contributed by atoms with Crippen molar-refractivity contribution in [2.24, 2.45) is 0 Å². The first-order chi connectivity index (χ1) is 6.24. The number of rotatable bonds is 2. The zero-order valence-electron chi connectivity index (χ0n) is 8.20. The van der Waals surface area contributed by atoms with E-state index in [-0.39, 0.29) is 5.82 Å². The first kappa shape index (κ1) is 12.2. The maximum Gasteiger partial charge on any atom is 0.147 e. The van der Waals surface area contributed by atoms with E-state index in [4.69, 9.17) is 11.6 Å². The molecule has 0 heterocycles. The highest BCUT2D eigenvalue weighted by atomic mass is 35.5. The van der Waals surface area contributed by atoms with Gasteiger partial charge in [0.05, 0.1) is 5.69 Å². The molecule has 1 aromatic rings. The van der Waals surface area contributed by atoms with E-state index in [0.29, 0.717) is 17.3 Å². The Kier molecular flexibility index (Phi) is 6.33. The van der Waals surface area contributed by atoms with E-state index < -0.39 is 0 Å². The largest absolute Gasteiger partial charge is 0.383 e. The lowest BCUT2D eigenvalue weighted by Gasteiger charge is -2.03. The molecule has 74 valence electrons. The number of nitrogens with one attached hydrogen (secondary N) is 1. The van der Waals surface area contributed by atoms with Gasteiger partial charge in [-0.15, -0.1) is 0 Å². The predicted octanol–water partition coefficient (Wildman–Crippen LogP) is 3.94. The highest BCUT2D eigenvalue weighted by Gasteiger charge is 1.99. The molecular formula is C10H15ClFN. The maximum atomic E-state index is 12.9. The molecule has 0 aliphatic rings. The third-order valence-electron chi connectivity index (χ3n) is 1.30. The fourth-order valence-corrected chi connectivity index (χ4v) is 0.982. The fourth-order valence-electron chi connectivity index (χ4n) is 0.823. The second-order valence-electron chi connectivity index (χ2n) is 2.15. The summed E-state index contributed by atoms with van der Waals surface area (Å²) < 4.78 is 12.9. The zero-order valence-corrected chi connectivity index (χ0v) is 8.95. The lowest BCUT2D eigenvalue weighted by atomic mass is 10.3. The molecule has 0 fully saturated rings. The van der Waals surface area contributed by atoms with Crippen LogP contribution >= 0.6 is 11.6 Å². The monoisotopic (exact) mass is 203 g/mol. The van der Waals surface area contributed by atoms with Gasteiger partial charge >= 0.3 is 0 Å². The summed E-state index contributed by atoms with van der Waals surface area (Å²) in [5.74, 6) is -0.306. The van der Waals surface area contributed by atoms with Crippen molar-refractivity contribution >= 4 is 17.3 Å². The summed E-state index contributed by atoms with van der Waals surface area (Å²) >= 11 is 5.55. The van der Waals surface area contributed by atoms with Crippen LogP contribution in [-0.4, -0.2) is 6.54 Å². The molecule has 0 atom stereocenters. The topological polar surface area (TPSA) is 12.0 Å². The molecule has 0 bridgehead atoms. The smallest absolute Gasteiger partial charge is 0.147 e. The van der Waals surface area contributed by atoms with Crippen LogP contribution in [-0.2, 0) is 0 Å². The maximum absolute atomic E-state index is 12.9. The van der Waals surface area contributed by atoms with Gasteiger partial charge in [0.2, 0.25) is 0 Å². The molecule has 1 rings (SSSR count). The molecule has 13 heavy (non-hydrogen) atoms. The fraction of sp³-hybridized carbons (Fsp3) is 0.400. The summed E-state index contributed by atoms with van der Waals surface area (Å²) in [6.07, 6.45) is 0. The molecule has 0 saturated carbocycles. The molecule has 1 N–H and O–H groups in total. The molecule has 0 aliphatic carbocycles. The normalized spacial score (nSPS) is 8.69. The minimum Gasteiger partial charge on any atom is -0.383 e. The van der Waals surface area contributed by atoms with Crippen LogP contribution in [0, 0.1) is 5.82 Å². The van der Waals surface area contributed by atoms with Gasteiger partial charge in [-0.05, 0) is 25.1 Å². The molecule has 1 nitrogen and oxygen atoms in total. The molecule has 0 radical (unpaired) electrons. The molecule has 0 amide bonds. The number of anilines is 1. The summed E-state index contributed by atoms with van der Waals surface area (Å²) in [5, 5.41) is 3.29. The molecule has 0 saturated heterocycles. The van der Waals surface area contributed by atoms with Gasteiger partial charge in [-0.2, -0.15) is 0 Å². The van der Waals surface area contributed by atoms with E-state index in [9.17, 15) is 4.39 Å². The third kappa shape index (κ3) is 4.13. The van der Waals surface area contributed by atoms with Crippen LogP contribution in [0.3, 0.4) is 0 Å². The standard InChI is InChI=1S/C8H9ClFN.C2H6/c1-2-11-8-4-3-6(9)5-7(8)10;1-2/h3-5,11H,2H2,1H3;1-2H3. The average molecular weight is 204 g/mol. The quantitative estimate of drug-likeness (QED) is 0.768. The van der Waals surface area contributed by atoms with Crippen molar-refractivity contribution in [1.82, 2.24) is 0 Å². The van der Waals surface area contributed by atoms with E-state index in [2.05, 4.69) is 5.32 Å². The summed E-state index contributed by atoms with van der Waals surface area (Å²) in [6, 6.07) is 4.57. The molecule has 0 unspecified atom stereocenters. The number of hydrogen-bond acceptors (Lipinski definition) is 1. The second kappa shape index (κ2) is 6.72. The Morgan fingerprint density at radius 2 is 2.00 bits per heavy atom. The summed E-state index contributed by atoms with van der Waals surface area (Å²) in [7, 11) is 0. The van der Waals surface area contributed by atoms with Crippen LogP contribution in [0.4, 0.5) is 10.1 Å². The minimum atomic E-state index is -0.306. The van der Waals surface area contributed by atoms with E-state index in [1.807, 2.05) is 20.8 Å². The van der Waals surface area contributed by atoms with Crippen LogP contribution in [0.1, 0.15) is 20.8 Å². The van der Waals surface area contributed by atoms with Crippen molar-refractivity contribution in [2.75, 3.05) is 11.9 Å². The summed E-state index contributed by atoms with van der Waals surface area (Å²) in [4.78, 5) is 0. The molecule has 0 spiro atoms. The lowest BCUT2D eigenvalue weighted by molar-refractivity contribution is 0.630. The van der Waals surface area contributed by atoms with Gasteiger partial charge in [0.15, 0.2) is 0 Å². The summed E-state index contributed by atoms with van der Waals surface area (Å²) in [6.45, 7) is 6.62. The molecular weight excluding hydrogens is 189 g/mol. The Hall–Kier alpha value is -0.760. The highest BCUT2D eigenvalue weighted by molar-refractivity contribution is 6.30. The van der Waals surface area contributed by atoms with Crippen molar-refractivity contribution < 1.29 is 4.39 Å². The van der Waals surface area contributed by atoms with Crippen LogP contribution in [0.2, 0.25) is 5.02 Å². The molecule has 0 aromatic heterocycles. The SMILES string of the molecule is CC.CCNc1ccc(Cl)cc1F. The van der Waals surface area contributed by atoms with Crippen molar-refractivity contribution in [3.63, 3.8) is 0 Å². The van der Waals surface area contributed by atoms with Crippen molar-refractivity contribution in [3.05, 3.63) is 29.0 Å². The third-order valence-corrected chi connectivity index (χ3v) is 1.53. The van der Waals surface area contributed by atoms with Crippen molar-refractivity contribution in [2.45, 2.75) is 20.8 Å². The van der Waals surface area contributed by atoms with E-state index >= 15 is 0 Å². The van der Waals surface area contributed by atoms with Crippen molar-refractivity contribution in [3.8, 4) is 0 Å². The van der Waals surface area contributed by atoms with E-state index in [1.165, 1.54) is 6.07 Å². The molecule has 3 heteroatoms. The second-order valence-corrected chi connectivity index (χ2v) is 2.59. The highest BCUT2D eigenvalue weighted by Crippen LogP contribution is 2.18. The van der Waals surface area contributed by atoms with Gasteiger partial charge < -0.3 is 5.32 Å². The van der Waals surface area contributed by atoms with Crippen molar-refractivity contribution in [1.29, 1.82) is 0 Å². The van der Waals surface area contributed by atoms with Gasteiger partial charge in [0, 0.05) is 11.6 Å². The first-order valence-electron chi connectivity index (χ1n) is 4.43. The number of halogens is 2. The Morgan fingerprint density at radius 1 is 1.38 bits per heavy atom. The Labute approximate surface area is 83.9 Å². The Morgan fingerprint density at radius 3 is 2.46 bits per heavy atom. The zero-order chi connectivity index (χ0) is 10.3. The minimum absolute atomic E-state index is 0.306. The van der Waals surface area contributed by atoms with Gasteiger partial charge in [-0.3, -0.25) is 0 Å². The number of benzene rings is 1. The predicted molar refractivity (Wildman–Crippen MR) is 56.9 cm³/mol. The van der Waals surface area contributed by atoms with Crippen LogP contribution in [0.25, 0.3) is 0 Å². The molecule has 0 aliphatic heterocycles. The van der Waals surface area contributed by atoms with Gasteiger partial charge in [-0.25, -0.2) is 4.39 Å². The van der Waals surface area contributed by atoms with E-state index in [0.717, 1.165) is 0 Å². The molecule has 1 aromatic carbocycles. The van der Waals surface area contributed by atoms with Crippen LogP contribution in [0.5, 0.6) is 0 Å². The average Bonchev–Trinajstić information content (AvgIpc) is 2.14. The Balaban J connectivity index is 0.000000671. The Bertz CT molecular complexity index is 251.